The minimum Gasteiger partial charge on any atom is -0.353 e. The number of aromatic nitrogens is 2. The molecule has 1 saturated heterocycles. The van der Waals surface area contributed by atoms with Crippen molar-refractivity contribution in [3.8, 4) is 11.3 Å². The third kappa shape index (κ3) is 6.00. The number of hydrogen-bond acceptors (Lipinski definition) is 6. The maximum absolute atomic E-state index is 13.2. The molecule has 2 amide bonds. The molecule has 184 valence electrons. The Morgan fingerprint density at radius 3 is 2.57 bits per heavy atom. The van der Waals surface area contributed by atoms with Crippen LogP contribution in [0.2, 0.25) is 5.02 Å². The van der Waals surface area contributed by atoms with E-state index in [1.165, 1.54) is 11.3 Å². The Morgan fingerprint density at radius 1 is 1.06 bits per heavy atom. The Balaban J connectivity index is 1.39. The maximum atomic E-state index is 13.2. The number of thiophene rings is 1. The molecule has 7 nitrogen and oxygen atoms in total. The summed E-state index contributed by atoms with van der Waals surface area (Å²) in [4.78, 5) is 32.6. The van der Waals surface area contributed by atoms with Crippen molar-refractivity contribution in [1.82, 2.24) is 20.0 Å². The van der Waals surface area contributed by atoms with Crippen LogP contribution in [0.4, 0.5) is 5.82 Å². The minimum absolute atomic E-state index is 0.0102. The fourth-order valence-corrected chi connectivity index (χ4v) is 5.05. The average molecular weight is 512 g/mol. The van der Waals surface area contributed by atoms with Crippen molar-refractivity contribution in [1.29, 1.82) is 0 Å². The van der Waals surface area contributed by atoms with E-state index in [1.54, 1.807) is 4.90 Å². The highest BCUT2D eigenvalue weighted by atomic mass is 35.5. The first-order chi connectivity index (χ1) is 17.0. The van der Waals surface area contributed by atoms with Crippen molar-refractivity contribution < 1.29 is 9.59 Å². The Kier molecular flexibility index (Phi) is 8.36. The van der Waals surface area contributed by atoms with Crippen LogP contribution in [0.3, 0.4) is 0 Å². The van der Waals surface area contributed by atoms with Gasteiger partial charge >= 0.3 is 0 Å². The topological polar surface area (TPSA) is 69.6 Å². The van der Waals surface area contributed by atoms with E-state index in [1.807, 2.05) is 72.7 Å². The van der Waals surface area contributed by atoms with Gasteiger partial charge in [0.05, 0.1) is 15.6 Å². The van der Waals surface area contributed by atoms with Crippen LogP contribution in [0.15, 0.2) is 53.9 Å². The Labute approximate surface area is 215 Å². The number of halogens is 1. The van der Waals surface area contributed by atoms with Crippen LogP contribution in [-0.4, -0.2) is 70.6 Å². The molecule has 35 heavy (non-hydrogen) atoms. The standard InChI is InChI=1S/C26H30ClN5O2S/c1-3-19(2)32(26(34)23-10-6-17-35-23)18-25(33)31-14-7-13-30(15-16-31)24-12-11-22(28-29-24)20-8-4-5-9-21(20)27/h4-6,8-12,17,19H,3,7,13-16,18H2,1-2H3. The highest BCUT2D eigenvalue weighted by molar-refractivity contribution is 7.12. The van der Waals surface area contributed by atoms with Crippen molar-refractivity contribution in [3.63, 3.8) is 0 Å². The number of nitrogens with zero attached hydrogens (tertiary/aromatic N) is 5. The monoisotopic (exact) mass is 511 g/mol. The van der Waals surface area contributed by atoms with Crippen LogP contribution in [-0.2, 0) is 4.79 Å². The van der Waals surface area contributed by atoms with E-state index in [9.17, 15) is 9.59 Å². The first-order valence-corrected chi connectivity index (χ1v) is 13.2. The predicted molar refractivity (Wildman–Crippen MR) is 141 cm³/mol. The molecule has 1 aromatic carbocycles. The fraction of sp³-hybridized carbons (Fsp3) is 0.385. The van der Waals surface area contributed by atoms with Crippen molar-refractivity contribution in [2.75, 3.05) is 37.6 Å². The lowest BCUT2D eigenvalue weighted by Crippen LogP contribution is -2.47. The third-order valence-electron chi connectivity index (χ3n) is 6.39. The largest absolute Gasteiger partial charge is 0.353 e. The average Bonchev–Trinajstić information content (AvgIpc) is 3.31. The van der Waals surface area contributed by atoms with Crippen molar-refractivity contribution in [2.24, 2.45) is 0 Å². The predicted octanol–water partition coefficient (Wildman–Crippen LogP) is 4.84. The van der Waals surface area contributed by atoms with E-state index in [0.29, 0.717) is 29.5 Å². The quantitative estimate of drug-likeness (QED) is 0.454. The normalized spacial score (nSPS) is 14.9. The lowest BCUT2D eigenvalue weighted by atomic mass is 10.1. The molecule has 1 unspecified atom stereocenters. The summed E-state index contributed by atoms with van der Waals surface area (Å²) in [6.45, 7) is 6.80. The first-order valence-electron chi connectivity index (χ1n) is 11.9. The van der Waals surface area contributed by atoms with Gasteiger partial charge in [0, 0.05) is 37.8 Å². The molecule has 0 saturated carbocycles. The molecule has 1 fully saturated rings. The van der Waals surface area contributed by atoms with Gasteiger partial charge in [-0.2, -0.15) is 0 Å². The van der Waals surface area contributed by atoms with E-state index in [4.69, 9.17) is 11.6 Å². The van der Waals surface area contributed by atoms with Crippen molar-refractivity contribution >= 4 is 40.6 Å². The molecule has 3 heterocycles. The van der Waals surface area contributed by atoms with Gasteiger partial charge in [-0.3, -0.25) is 9.59 Å². The van der Waals surface area contributed by atoms with E-state index >= 15 is 0 Å². The van der Waals surface area contributed by atoms with E-state index in [0.717, 1.165) is 36.5 Å². The number of anilines is 1. The molecule has 0 aliphatic carbocycles. The number of benzene rings is 1. The van der Waals surface area contributed by atoms with Gasteiger partial charge in [0.15, 0.2) is 5.82 Å². The zero-order valence-electron chi connectivity index (χ0n) is 20.1. The fourth-order valence-electron chi connectivity index (χ4n) is 4.14. The molecule has 1 aliphatic heterocycles. The summed E-state index contributed by atoms with van der Waals surface area (Å²) in [5.41, 5.74) is 1.58. The number of amides is 2. The second-order valence-corrected chi connectivity index (χ2v) is 10.0. The summed E-state index contributed by atoms with van der Waals surface area (Å²) >= 11 is 7.70. The van der Waals surface area contributed by atoms with Gasteiger partial charge in [-0.1, -0.05) is 42.8 Å². The van der Waals surface area contributed by atoms with Gasteiger partial charge < -0.3 is 14.7 Å². The first kappa shape index (κ1) is 25.1. The lowest BCUT2D eigenvalue weighted by molar-refractivity contribution is -0.132. The molecular formula is C26H30ClN5O2S. The lowest BCUT2D eigenvalue weighted by Gasteiger charge is -2.30. The van der Waals surface area contributed by atoms with Crippen molar-refractivity contribution in [3.05, 3.63) is 63.8 Å². The van der Waals surface area contributed by atoms with Crippen LogP contribution < -0.4 is 4.90 Å². The van der Waals surface area contributed by atoms with Gasteiger partial charge in [0.2, 0.25) is 5.91 Å². The van der Waals surface area contributed by atoms with Gasteiger partial charge in [0.1, 0.15) is 6.54 Å². The van der Waals surface area contributed by atoms with E-state index in [2.05, 4.69) is 15.1 Å². The van der Waals surface area contributed by atoms with Crippen LogP contribution in [0, 0.1) is 0 Å². The molecule has 9 heteroatoms. The number of rotatable bonds is 7. The summed E-state index contributed by atoms with van der Waals surface area (Å²) < 4.78 is 0. The van der Waals surface area contributed by atoms with Crippen LogP contribution >= 0.6 is 22.9 Å². The van der Waals surface area contributed by atoms with E-state index < -0.39 is 0 Å². The SMILES string of the molecule is CCC(C)N(CC(=O)N1CCCN(c2ccc(-c3ccccc3Cl)nn2)CC1)C(=O)c1cccs1. The minimum atomic E-state index is -0.0759. The summed E-state index contributed by atoms with van der Waals surface area (Å²) in [6, 6.07) is 15.1. The summed E-state index contributed by atoms with van der Waals surface area (Å²) in [5, 5.41) is 11.3. The molecule has 3 aromatic rings. The molecule has 0 spiro atoms. The van der Waals surface area contributed by atoms with E-state index in [-0.39, 0.29) is 24.4 Å². The van der Waals surface area contributed by atoms with Crippen molar-refractivity contribution in [2.45, 2.75) is 32.7 Å². The third-order valence-corrected chi connectivity index (χ3v) is 7.58. The molecule has 2 aromatic heterocycles. The number of carbonyl (C=O) groups is 2. The highest BCUT2D eigenvalue weighted by Crippen LogP contribution is 2.26. The molecule has 0 radical (unpaired) electrons. The Morgan fingerprint density at radius 2 is 1.89 bits per heavy atom. The summed E-state index contributed by atoms with van der Waals surface area (Å²) in [7, 11) is 0. The zero-order chi connectivity index (χ0) is 24.8. The molecule has 4 rings (SSSR count). The molecule has 1 atom stereocenters. The Bertz CT molecular complexity index is 1140. The smallest absolute Gasteiger partial charge is 0.264 e. The maximum Gasteiger partial charge on any atom is 0.264 e. The highest BCUT2D eigenvalue weighted by Gasteiger charge is 2.27. The molecular weight excluding hydrogens is 482 g/mol. The number of hydrogen-bond donors (Lipinski definition) is 0. The number of carbonyl (C=O) groups excluding carboxylic acids is 2. The second kappa shape index (κ2) is 11.6. The Hall–Kier alpha value is -2.97. The van der Waals surface area contributed by atoms with Gasteiger partial charge in [-0.05, 0) is 49.4 Å². The second-order valence-electron chi connectivity index (χ2n) is 8.65. The molecule has 0 N–H and O–H groups in total. The summed E-state index contributed by atoms with van der Waals surface area (Å²) in [5.74, 6) is 0.689. The van der Waals surface area contributed by atoms with Gasteiger partial charge in [0.25, 0.3) is 5.91 Å². The van der Waals surface area contributed by atoms with Crippen LogP contribution in [0.5, 0.6) is 0 Å². The van der Waals surface area contributed by atoms with Gasteiger partial charge in [-0.15, -0.1) is 21.5 Å². The zero-order valence-corrected chi connectivity index (χ0v) is 21.6. The van der Waals surface area contributed by atoms with Crippen LogP contribution in [0.25, 0.3) is 11.3 Å². The van der Waals surface area contributed by atoms with Gasteiger partial charge in [-0.25, -0.2) is 0 Å². The molecule has 0 bridgehead atoms. The molecule has 1 aliphatic rings. The summed E-state index contributed by atoms with van der Waals surface area (Å²) in [6.07, 6.45) is 1.61. The van der Waals surface area contributed by atoms with Crippen LogP contribution in [0.1, 0.15) is 36.4 Å².